The van der Waals surface area contributed by atoms with Gasteiger partial charge in [0.1, 0.15) is 5.69 Å². The Bertz CT molecular complexity index is 969. The number of carbonyl (C=O) groups is 2. The number of carbonyl (C=O) groups excluding carboxylic acids is 2. The van der Waals surface area contributed by atoms with Crippen molar-refractivity contribution in [2.45, 2.75) is 19.0 Å². The second kappa shape index (κ2) is 7.20. The molecule has 0 radical (unpaired) electrons. The van der Waals surface area contributed by atoms with Gasteiger partial charge in [0, 0.05) is 31.2 Å². The predicted molar refractivity (Wildman–Crippen MR) is 97.5 cm³/mol. The highest BCUT2D eigenvalue weighted by Gasteiger charge is 2.27. The molecule has 0 aliphatic carbocycles. The van der Waals surface area contributed by atoms with Gasteiger partial charge in [0.25, 0.3) is 11.8 Å². The normalized spacial score (nSPS) is 15.7. The first-order valence-electron chi connectivity index (χ1n) is 8.73. The van der Waals surface area contributed by atoms with E-state index in [-0.39, 0.29) is 17.9 Å². The Hall–Kier alpha value is -3.20. The number of hydrogen-bond donors (Lipinski definition) is 3. The number of ether oxygens (including phenoxy) is 1. The molecule has 1 aliphatic rings. The summed E-state index contributed by atoms with van der Waals surface area (Å²) in [5, 5.41) is 17.9. The van der Waals surface area contributed by atoms with Crippen molar-refractivity contribution in [3.63, 3.8) is 0 Å². The van der Waals surface area contributed by atoms with Crippen LogP contribution in [0.4, 0.5) is 0 Å². The van der Waals surface area contributed by atoms with Crippen LogP contribution in [0.25, 0.3) is 10.9 Å². The smallest absolute Gasteiger partial charge is 0.272 e. The number of nitrogens with zero attached hydrogens (tertiary/aromatic N) is 3. The molecule has 0 unspecified atom stereocenters. The van der Waals surface area contributed by atoms with Crippen molar-refractivity contribution in [2.75, 3.05) is 20.3 Å². The van der Waals surface area contributed by atoms with E-state index in [0.717, 1.165) is 16.6 Å². The molecule has 9 heteroatoms. The van der Waals surface area contributed by atoms with Crippen LogP contribution >= 0.6 is 0 Å². The lowest BCUT2D eigenvalue weighted by molar-refractivity contribution is 0.0919. The van der Waals surface area contributed by atoms with Gasteiger partial charge in [0.05, 0.1) is 24.7 Å². The number of nitrogens with one attached hydrogen (secondary N) is 3. The van der Waals surface area contributed by atoms with Crippen LogP contribution in [0.5, 0.6) is 0 Å². The number of aromatic nitrogens is 4. The minimum atomic E-state index is -0.225. The fourth-order valence-corrected chi connectivity index (χ4v) is 3.26. The van der Waals surface area contributed by atoms with Gasteiger partial charge in [-0.3, -0.25) is 19.4 Å². The Kier molecular flexibility index (Phi) is 4.59. The molecule has 0 spiro atoms. The van der Waals surface area contributed by atoms with Crippen LogP contribution in [-0.2, 0) is 17.7 Å². The van der Waals surface area contributed by atoms with Gasteiger partial charge in [-0.15, -0.1) is 0 Å². The van der Waals surface area contributed by atoms with Crippen molar-refractivity contribution in [2.24, 2.45) is 0 Å². The summed E-state index contributed by atoms with van der Waals surface area (Å²) >= 11 is 0. The van der Waals surface area contributed by atoms with E-state index in [9.17, 15) is 9.59 Å². The van der Waals surface area contributed by atoms with Gasteiger partial charge in [-0.2, -0.15) is 10.2 Å². The number of rotatable bonds is 6. The highest BCUT2D eigenvalue weighted by molar-refractivity contribution is 6.04. The van der Waals surface area contributed by atoms with Gasteiger partial charge in [-0.1, -0.05) is 18.2 Å². The molecule has 1 aliphatic heterocycles. The van der Waals surface area contributed by atoms with Crippen LogP contribution in [0.2, 0.25) is 0 Å². The molecule has 0 saturated heterocycles. The van der Waals surface area contributed by atoms with E-state index in [2.05, 4.69) is 25.9 Å². The number of amides is 2. The van der Waals surface area contributed by atoms with Gasteiger partial charge < -0.3 is 15.4 Å². The molecule has 2 aromatic heterocycles. The zero-order valence-corrected chi connectivity index (χ0v) is 14.9. The van der Waals surface area contributed by atoms with Gasteiger partial charge in [0.2, 0.25) is 0 Å². The highest BCUT2D eigenvalue weighted by Crippen LogP contribution is 2.18. The molecule has 1 aromatic carbocycles. The average Bonchev–Trinajstić information content (AvgIpc) is 3.34. The van der Waals surface area contributed by atoms with E-state index in [1.165, 1.54) is 0 Å². The lowest BCUT2D eigenvalue weighted by Crippen LogP contribution is -2.36. The van der Waals surface area contributed by atoms with Crippen LogP contribution in [0.1, 0.15) is 26.7 Å². The van der Waals surface area contributed by atoms with Crippen LogP contribution in [0.15, 0.2) is 30.3 Å². The summed E-state index contributed by atoms with van der Waals surface area (Å²) in [6, 6.07) is 9.19. The largest absolute Gasteiger partial charge is 0.383 e. The first-order valence-corrected chi connectivity index (χ1v) is 8.73. The number of aromatic amines is 1. The molecule has 0 saturated carbocycles. The molecule has 3 aromatic rings. The molecule has 1 atom stereocenters. The quantitative estimate of drug-likeness (QED) is 0.548. The maximum atomic E-state index is 12.6. The Morgan fingerprint density at radius 1 is 1.33 bits per heavy atom. The molecule has 27 heavy (non-hydrogen) atoms. The molecule has 140 valence electrons. The minimum absolute atomic E-state index is 0.0823. The number of benzene rings is 1. The predicted octanol–water partition coefficient (Wildman–Crippen LogP) is 0.490. The Balaban J connectivity index is 1.38. The highest BCUT2D eigenvalue weighted by atomic mass is 16.5. The van der Waals surface area contributed by atoms with Crippen molar-refractivity contribution >= 4 is 22.7 Å². The average molecular weight is 368 g/mol. The lowest BCUT2D eigenvalue weighted by atomic mass is 10.1. The summed E-state index contributed by atoms with van der Waals surface area (Å²) in [4.78, 5) is 24.6. The van der Waals surface area contributed by atoms with E-state index in [1.807, 2.05) is 24.3 Å². The monoisotopic (exact) mass is 368 g/mol. The molecule has 9 nitrogen and oxygen atoms in total. The van der Waals surface area contributed by atoms with Gasteiger partial charge in [-0.25, -0.2) is 0 Å². The number of para-hydroxylation sites is 1. The van der Waals surface area contributed by atoms with Gasteiger partial charge >= 0.3 is 0 Å². The summed E-state index contributed by atoms with van der Waals surface area (Å²) in [7, 11) is 1.58. The third-order valence-corrected chi connectivity index (χ3v) is 4.56. The van der Waals surface area contributed by atoms with Crippen molar-refractivity contribution in [1.82, 2.24) is 30.6 Å². The maximum absolute atomic E-state index is 12.6. The van der Waals surface area contributed by atoms with Crippen LogP contribution in [0.3, 0.4) is 0 Å². The fourth-order valence-electron chi connectivity index (χ4n) is 3.26. The second-order valence-corrected chi connectivity index (χ2v) is 6.44. The van der Waals surface area contributed by atoms with Crippen molar-refractivity contribution < 1.29 is 14.3 Å². The SMILES string of the molecule is COCCNC(=O)c1cc2n(n1)C[C@@H](NC(=O)c1n[nH]c3ccccc13)C2. The first-order chi connectivity index (χ1) is 13.2. The Morgan fingerprint density at radius 3 is 3.00 bits per heavy atom. The third-order valence-electron chi connectivity index (χ3n) is 4.56. The van der Waals surface area contributed by atoms with E-state index in [0.29, 0.717) is 37.5 Å². The summed E-state index contributed by atoms with van der Waals surface area (Å²) in [6.07, 6.45) is 0.618. The fraction of sp³-hybridized carbons (Fsp3) is 0.333. The number of H-pyrrole nitrogens is 1. The topological polar surface area (TPSA) is 114 Å². The van der Waals surface area contributed by atoms with E-state index in [4.69, 9.17) is 4.74 Å². The molecule has 0 fully saturated rings. The van der Waals surface area contributed by atoms with E-state index < -0.39 is 0 Å². The molecule has 4 rings (SSSR count). The zero-order valence-electron chi connectivity index (χ0n) is 14.9. The molecule has 3 N–H and O–H groups in total. The second-order valence-electron chi connectivity index (χ2n) is 6.44. The summed E-state index contributed by atoms with van der Waals surface area (Å²) < 4.78 is 6.67. The molecule has 2 amide bonds. The van der Waals surface area contributed by atoms with Crippen LogP contribution in [0, 0.1) is 0 Å². The Morgan fingerprint density at radius 2 is 2.19 bits per heavy atom. The standard InChI is InChI=1S/C18H20N6O3/c1-27-7-6-19-17(25)15-9-12-8-11(10-24(12)23-15)20-18(26)16-13-4-2-3-5-14(13)21-22-16/h2-5,9,11H,6-8,10H2,1H3,(H,19,25)(H,20,26)(H,21,22)/t11-/m0/s1. The summed E-state index contributed by atoms with van der Waals surface area (Å²) in [5.74, 6) is -0.446. The van der Waals surface area contributed by atoms with Crippen LogP contribution < -0.4 is 10.6 Å². The summed E-state index contributed by atoms with van der Waals surface area (Å²) in [5.41, 5.74) is 2.51. The number of methoxy groups -OCH3 is 1. The van der Waals surface area contributed by atoms with Crippen molar-refractivity contribution in [3.8, 4) is 0 Å². The van der Waals surface area contributed by atoms with Crippen molar-refractivity contribution in [3.05, 3.63) is 47.4 Å². The third kappa shape index (κ3) is 3.41. The molecular formula is C18H20N6O3. The Labute approximate surface area is 155 Å². The first kappa shape index (κ1) is 17.2. The zero-order chi connectivity index (χ0) is 18.8. The van der Waals surface area contributed by atoms with Gasteiger partial charge in [0.15, 0.2) is 5.69 Å². The lowest BCUT2D eigenvalue weighted by Gasteiger charge is -2.10. The van der Waals surface area contributed by atoms with Crippen LogP contribution in [-0.4, -0.2) is 58.1 Å². The maximum Gasteiger partial charge on any atom is 0.272 e. The minimum Gasteiger partial charge on any atom is -0.383 e. The van der Waals surface area contributed by atoms with E-state index in [1.54, 1.807) is 17.9 Å². The summed E-state index contributed by atoms with van der Waals surface area (Å²) in [6.45, 7) is 1.41. The van der Waals surface area contributed by atoms with E-state index >= 15 is 0 Å². The molecular weight excluding hydrogens is 348 g/mol. The number of fused-ring (bicyclic) bond motifs is 2. The molecule has 0 bridgehead atoms. The molecule has 3 heterocycles. The van der Waals surface area contributed by atoms with Gasteiger partial charge in [-0.05, 0) is 12.1 Å². The van der Waals surface area contributed by atoms with Crippen molar-refractivity contribution in [1.29, 1.82) is 0 Å². The number of hydrogen-bond acceptors (Lipinski definition) is 5.